The minimum absolute atomic E-state index is 0.203. The minimum Gasteiger partial charge on any atom is -0.455 e. The number of rotatable bonds is 5. The lowest BCUT2D eigenvalue weighted by Gasteiger charge is -2.01. The zero-order valence-electron chi connectivity index (χ0n) is 14.5. The van der Waals surface area contributed by atoms with Gasteiger partial charge in [-0.3, -0.25) is 0 Å². The number of aromatic nitrogens is 2. The summed E-state index contributed by atoms with van der Waals surface area (Å²) in [6.45, 7) is 2.00. The molecule has 4 aromatic rings. The van der Waals surface area contributed by atoms with Gasteiger partial charge in [0.1, 0.15) is 11.5 Å². The van der Waals surface area contributed by atoms with Crippen molar-refractivity contribution in [2.75, 3.05) is 0 Å². The van der Waals surface area contributed by atoms with Crippen LogP contribution in [0.5, 0.6) is 0 Å². The Balaban J connectivity index is 1.56. The molecule has 0 aliphatic heterocycles. The van der Waals surface area contributed by atoms with Crippen molar-refractivity contribution in [2.24, 2.45) is 0 Å². The van der Waals surface area contributed by atoms with Gasteiger partial charge >= 0.3 is 0 Å². The quantitative estimate of drug-likeness (QED) is 0.514. The van der Waals surface area contributed by atoms with Crippen LogP contribution in [0.15, 0.2) is 80.6 Å². The Bertz CT molecular complexity index is 1160. The van der Waals surface area contributed by atoms with Gasteiger partial charge in [-0.15, -0.1) is 0 Å². The van der Waals surface area contributed by atoms with E-state index in [1.165, 1.54) is 0 Å². The van der Waals surface area contributed by atoms with Crippen LogP contribution in [0.1, 0.15) is 11.3 Å². The van der Waals surface area contributed by atoms with E-state index in [-0.39, 0.29) is 16.5 Å². The highest BCUT2D eigenvalue weighted by Crippen LogP contribution is 2.26. The van der Waals surface area contributed by atoms with Gasteiger partial charge in [0.05, 0.1) is 4.90 Å². The van der Waals surface area contributed by atoms with E-state index in [1.807, 2.05) is 31.2 Å². The summed E-state index contributed by atoms with van der Waals surface area (Å²) in [5, 5.41) is 3.96. The molecule has 0 N–H and O–H groups in total. The SMILES string of the molecule is Cc1ccc(-c2noc(-c3ccc(CS(=O)(=O)c4ccccc4)o3)n2)cc1. The van der Waals surface area contributed by atoms with E-state index >= 15 is 0 Å². The summed E-state index contributed by atoms with van der Waals surface area (Å²) in [4.78, 5) is 4.58. The summed E-state index contributed by atoms with van der Waals surface area (Å²) in [6, 6.07) is 19.2. The molecule has 2 aromatic heterocycles. The number of aryl methyl sites for hydroxylation is 1. The number of hydrogen-bond donors (Lipinski definition) is 0. The highest BCUT2D eigenvalue weighted by atomic mass is 32.2. The molecule has 0 radical (unpaired) electrons. The summed E-state index contributed by atoms with van der Waals surface area (Å²) < 4.78 is 35.8. The van der Waals surface area contributed by atoms with Crippen LogP contribution in [0.2, 0.25) is 0 Å². The van der Waals surface area contributed by atoms with Crippen molar-refractivity contribution in [1.82, 2.24) is 10.1 Å². The highest BCUT2D eigenvalue weighted by molar-refractivity contribution is 7.90. The summed E-state index contributed by atoms with van der Waals surface area (Å²) in [7, 11) is -3.48. The van der Waals surface area contributed by atoms with E-state index in [0.29, 0.717) is 17.3 Å². The van der Waals surface area contributed by atoms with E-state index in [4.69, 9.17) is 8.94 Å². The summed E-state index contributed by atoms with van der Waals surface area (Å²) in [6.07, 6.45) is 0. The highest BCUT2D eigenvalue weighted by Gasteiger charge is 2.19. The molecule has 0 fully saturated rings. The Morgan fingerprint density at radius 3 is 2.41 bits per heavy atom. The fraction of sp³-hybridized carbons (Fsp3) is 0.100. The van der Waals surface area contributed by atoms with Crippen LogP contribution in [-0.2, 0) is 15.6 Å². The third-order valence-electron chi connectivity index (χ3n) is 4.04. The molecule has 0 bridgehead atoms. The first-order chi connectivity index (χ1) is 13.0. The van der Waals surface area contributed by atoms with Crippen LogP contribution >= 0.6 is 0 Å². The summed E-state index contributed by atoms with van der Waals surface area (Å²) in [5.74, 6) is 1.05. The van der Waals surface area contributed by atoms with Crippen LogP contribution < -0.4 is 0 Å². The third-order valence-corrected chi connectivity index (χ3v) is 5.70. The number of hydrogen-bond acceptors (Lipinski definition) is 6. The molecule has 0 spiro atoms. The van der Waals surface area contributed by atoms with Crippen LogP contribution in [0.3, 0.4) is 0 Å². The van der Waals surface area contributed by atoms with Crippen molar-refractivity contribution in [2.45, 2.75) is 17.6 Å². The Hall–Kier alpha value is -3.19. The lowest BCUT2D eigenvalue weighted by atomic mass is 10.1. The van der Waals surface area contributed by atoms with E-state index in [9.17, 15) is 8.42 Å². The lowest BCUT2D eigenvalue weighted by Crippen LogP contribution is -2.03. The fourth-order valence-corrected chi connectivity index (χ4v) is 3.88. The maximum atomic E-state index is 12.5. The van der Waals surface area contributed by atoms with E-state index in [2.05, 4.69) is 10.1 Å². The van der Waals surface area contributed by atoms with Gasteiger partial charge in [-0.05, 0) is 31.2 Å². The molecule has 2 heterocycles. The number of benzene rings is 2. The summed E-state index contributed by atoms with van der Waals surface area (Å²) >= 11 is 0. The predicted octanol–water partition coefficient (Wildman–Crippen LogP) is 4.28. The van der Waals surface area contributed by atoms with Crippen LogP contribution in [0, 0.1) is 6.92 Å². The maximum absolute atomic E-state index is 12.5. The van der Waals surface area contributed by atoms with Crippen molar-refractivity contribution in [3.8, 4) is 23.0 Å². The standard InChI is InChI=1S/C20H16N2O4S/c1-14-7-9-15(10-8-14)19-21-20(26-22-19)18-12-11-16(25-18)13-27(23,24)17-5-3-2-4-6-17/h2-12H,13H2,1H3. The van der Waals surface area contributed by atoms with Gasteiger partial charge in [0.15, 0.2) is 15.6 Å². The summed E-state index contributed by atoms with van der Waals surface area (Å²) in [5.41, 5.74) is 1.96. The molecule has 0 unspecified atom stereocenters. The van der Waals surface area contributed by atoms with Crippen LogP contribution in [-0.4, -0.2) is 18.6 Å². The second kappa shape index (κ2) is 6.85. The first kappa shape index (κ1) is 17.2. The molecule has 136 valence electrons. The van der Waals surface area contributed by atoms with Crippen molar-refractivity contribution in [1.29, 1.82) is 0 Å². The van der Waals surface area contributed by atoms with Gasteiger partial charge in [-0.2, -0.15) is 4.98 Å². The predicted molar refractivity (Wildman–Crippen MR) is 99.5 cm³/mol. The first-order valence-electron chi connectivity index (χ1n) is 8.29. The van der Waals surface area contributed by atoms with Gasteiger partial charge in [-0.1, -0.05) is 53.2 Å². The molecule has 0 aliphatic rings. The van der Waals surface area contributed by atoms with E-state index in [0.717, 1.165) is 11.1 Å². The number of sulfone groups is 1. The third kappa shape index (κ3) is 3.68. The van der Waals surface area contributed by atoms with Gasteiger partial charge in [0, 0.05) is 5.56 Å². The zero-order valence-corrected chi connectivity index (χ0v) is 15.3. The van der Waals surface area contributed by atoms with E-state index < -0.39 is 9.84 Å². The van der Waals surface area contributed by atoms with Gasteiger partial charge < -0.3 is 8.94 Å². The second-order valence-corrected chi connectivity index (χ2v) is 8.12. The van der Waals surface area contributed by atoms with Crippen molar-refractivity contribution in [3.05, 3.63) is 78.1 Å². The number of nitrogens with zero attached hydrogens (tertiary/aromatic N) is 2. The molecular weight excluding hydrogens is 364 g/mol. The van der Waals surface area contributed by atoms with Gasteiger partial charge in [-0.25, -0.2) is 8.42 Å². The number of furan rings is 1. The van der Waals surface area contributed by atoms with Gasteiger partial charge in [0.25, 0.3) is 5.89 Å². The van der Waals surface area contributed by atoms with Crippen LogP contribution in [0.25, 0.3) is 23.0 Å². The first-order valence-corrected chi connectivity index (χ1v) is 9.94. The Morgan fingerprint density at radius 2 is 1.67 bits per heavy atom. The van der Waals surface area contributed by atoms with Crippen molar-refractivity contribution < 1.29 is 17.4 Å². The molecule has 27 heavy (non-hydrogen) atoms. The monoisotopic (exact) mass is 380 g/mol. The normalized spacial score (nSPS) is 11.6. The molecule has 4 rings (SSSR count). The Kier molecular flexibility index (Phi) is 4.37. The molecule has 0 aliphatic carbocycles. The molecule has 2 aromatic carbocycles. The fourth-order valence-electron chi connectivity index (χ4n) is 2.61. The molecule has 0 saturated carbocycles. The molecule has 0 amide bonds. The molecular formula is C20H16N2O4S. The van der Waals surface area contributed by atoms with Crippen LogP contribution in [0.4, 0.5) is 0 Å². The maximum Gasteiger partial charge on any atom is 0.293 e. The smallest absolute Gasteiger partial charge is 0.293 e. The molecule has 7 heteroatoms. The second-order valence-electron chi connectivity index (χ2n) is 6.13. The molecule has 6 nitrogen and oxygen atoms in total. The Labute approximate surface area is 156 Å². The lowest BCUT2D eigenvalue weighted by molar-refractivity contribution is 0.413. The average Bonchev–Trinajstić information content (AvgIpc) is 3.32. The Morgan fingerprint density at radius 1 is 0.926 bits per heavy atom. The van der Waals surface area contributed by atoms with Crippen molar-refractivity contribution >= 4 is 9.84 Å². The van der Waals surface area contributed by atoms with Gasteiger partial charge in [0.2, 0.25) is 5.82 Å². The largest absolute Gasteiger partial charge is 0.455 e. The topological polar surface area (TPSA) is 86.2 Å². The average molecular weight is 380 g/mol. The minimum atomic E-state index is -3.48. The molecule has 0 atom stereocenters. The van der Waals surface area contributed by atoms with E-state index in [1.54, 1.807) is 42.5 Å². The van der Waals surface area contributed by atoms with Crippen molar-refractivity contribution in [3.63, 3.8) is 0 Å². The zero-order chi connectivity index (χ0) is 18.9. The molecule has 0 saturated heterocycles.